The highest BCUT2D eigenvalue weighted by Gasteiger charge is 2.11. The zero-order chi connectivity index (χ0) is 8.39. The second kappa shape index (κ2) is 2.89. The molecule has 0 atom stereocenters. The zero-order valence-electron chi connectivity index (χ0n) is 6.62. The molecule has 0 saturated heterocycles. The van der Waals surface area contributed by atoms with Crippen molar-refractivity contribution >= 4 is 6.08 Å². The minimum Gasteiger partial charge on any atom is -0.454 e. The molecule has 0 spiro atoms. The molecule has 1 aromatic rings. The summed E-state index contributed by atoms with van der Waals surface area (Å²) in [5, 5.41) is 0. The molecule has 1 heterocycles. The molecule has 12 heavy (non-hydrogen) atoms. The van der Waals surface area contributed by atoms with Crippen LogP contribution >= 0.6 is 0 Å². The Hall–Kier alpha value is -1.44. The Bertz CT molecular complexity index is 316. The summed E-state index contributed by atoms with van der Waals surface area (Å²) >= 11 is 0. The highest BCUT2D eigenvalue weighted by molar-refractivity contribution is 5.56. The summed E-state index contributed by atoms with van der Waals surface area (Å²) in [5.41, 5.74) is 1.08. The Kier molecular flexibility index (Phi) is 1.74. The number of hydrogen-bond donors (Lipinski definition) is 0. The van der Waals surface area contributed by atoms with E-state index in [0.29, 0.717) is 6.79 Å². The van der Waals surface area contributed by atoms with E-state index < -0.39 is 0 Å². The van der Waals surface area contributed by atoms with Crippen molar-refractivity contribution in [3.8, 4) is 11.5 Å². The third-order valence-corrected chi connectivity index (χ3v) is 1.71. The molecule has 1 radical (unpaired) electrons. The van der Waals surface area contributed by atoms with E-state index in [1.807, 2.05) is 24.3 Å². The van der Waals surface area contributed by atoms with E-state index in [4.69, 9.17) is 9.47 Å². The van der Waals surface area contributed by atoms with Crippen LogP contribution in [-0.2, 0) is 0 Å². The van der Waals surface area contributed by atoms with E-state index in [1.54, 1.807) is 6.08 Å². The lowest BCUT2D eigenvalue weighted by atomic mass is 10.2. The van der Waals surface area contributed by atoms with E-state index in [-0.39, 0.29) is 0 Å². The van der Waals surface area contributed by atoms with Gasteiger partial charge < -0.3 is 9.47 Å². The van der Waals surface area contributed by atoms with Crippen LogP contribution in [-0.4, -0.2) is 6.79 Å². The summed E-state index contributed by atoms with van der Waals surface area (Å²) in [5.74, 6) is 1.63. The quantitative estimate of drug-likeness (QED) is 0.629. The lowest BCUT2D eigenvalue weighted by molar-refractivity contribution is 0.174. The molecule has 0 saturated carbocycles. The van der Waals surface area contributed by atoms with Gasteiger partial charge in [0.25, 0.3) is 0 Å². The van der Waals surface area contributed by atoms with Gasteiger partial charge in [-0.25, -0.2) is 0 Å². The van der Waals surface area contributed by atoms with Crippen molar-refractivity contribution in [1.29, 1.82) is 0 Å². The SMILES string of the molecule is [CH2]C=Cc1ccc2c(c1)OCO2. The molecule has 61 valence electrons. The van der Waals surface area contributed by atoms with Crippen molar-refractivity contribution in [2.24, 2.45) is 0 Å². The lowest BCUT2D eigenvalue weighted by Crippen LogP contribution is -1.92. The van der Waals surface area contributed by atoms with Gasteiger partial charge in [-0.2, -0.15) is 0 Å². The molecule has 1 aliphatic heterocycles. The Morgan fingerprint density at radius 3 is 2.92 bits per heavy atom. The van der Waals surface area contributed by atoms with Gasteiger partial charge in [-0.1, -0.05) is 18.2 Å². The van der Waals surface area contributed by atoms with Crippen LogP contribution in [0, 0.1) is 6.92 Å². The third kappa shape index (κ3) is 1.16. The maximum Gasteiger partial charge on any atom is 0.231 e. The van der Waals surface area contributed by atoms with Crippen molar-refractivity contribution < 1.29 is 9.47 Å². The predicted octanol–water partition coefficient (Wildman–Crippen LogP) is 2.26. The summed E-state index contributed by atoms with van der Waals surface area (Å²) < 4.78 is 10.4. The topological polar surface area (TPSA) is 18.5 Å². The molecule has 0 unspecified atom stereocenters. The first-order chi connectivity index (χ1) is 5.90. The zero-order valence-corrected chi connectivity index (χ0v) is 6.62. The standard InChI is InChI=1S/C10H9O2/c1-2-3-8-4-5-9-10(6-8)12-7-11-9/h2-6H,1,7H2. The molecular formula is C10H9O2. The average molecular weight is 161 g/mol. The monoisotopic (exact) mass is 161 g/mol. The smallest absolute Gasteiger partial charge is 0.231 e. The molecule has 0 bridgehead atoms. The largest absolute Gasteiger partial charge is 0.454 e. The summed E-state index contributed by atoms with van der Waals surface area (Å²) in [6.45, 7) is 3.95. The highest BCUT2D eigenvalue weighted by atomic mass is 16.7. The van der Waals surface area contributed by atoms with Crippen LogP contribution in [0.4, 0.5) is 0 Å². The molecular weight excluding hydrogens is 152 g/mol. The minimum absolute atomic E-state index is 0.326. The second-order valence-corrected chi connectivity index (χ2v) is 2.52. The van der Waals surface area contributed by atoms with E-state index in [0.717, 1.165) is 17.1 Å². The van der Waals surface area contributed by atoms with Gasteiger partial charge in [-0.3, -0.25) is 0 Å². The summed E-state index contributed by atoms with van der Waals surface area (Å²) in [6.07, 6.45) is 3.67. The molecule has 0 aliphatic carbocycles. The molecule has 0 N–H and O–H groups in total. The molecule has 1 aliphatic rings. The highest BCUT2D eigenvalue weighted by Crippen LogP contribution is 2.32. The molecule has 2 nitrogen and oxygen atoms in total. The first-order valence-corrected chi connectivity index (χ1v) is 3.75. The van der Waals surface area contributed by atoms with Crippen molar-refractivity contribution in [3.63, 3.8) is 0 Å². The fourth-order valence-corrected chi connectivity index (χ4v) is 1.15. The van der Waals surface area contributed by atoms with Gasteiger partial charge in [0, 0.05) is 0 Å². The van der Waals surface area contributed by atoms with Crippen LogP contribution in [0.25, 0.3) is 6.08 Å². The molecule has 2 heteroatoms. The van der Waals surface area contributed by atoms with E-state index in [1.165, 1.54) is 0 Å². The number of allylic oxidation sites excluding steroid dienone is 1. The molecule has 1 aromatic carbocycles. The van der Waals surface area contributed by atoms with Gasteiger partial charge in [-0.15, -0.1) is 0 Å². The van der Waals surface area contributed by atoms with Gasteiger partial charge in [0.1, 0.15) is 0 Å². The minimum atomic E-state index is 0.326. The summed E-state index contributed by atoms with van der Waals surface area (Å²) in [6, 6.07) is 5.80. The van der Waals surface area contributed by atoms with Crippen molar-refractivity contribution in [3.05, 3.63) is 36.8 Å². The Morgan fingerprint density at radius 1 is 1.25 bits per heavy atom. The number of benzene rings is 1. The van der Waals surface area contributed by atoms with Crippen LogP contribution < -0.4 is 9.47 Å². The Balaban J connectivity index is 2.38. The van der Waals surface area contributed by atoms with E-state index in [9.17, 15) is 0 Å². The fourth-order valence-electron chi connectivity index (χ4n) is 1.15. The molecule has 0 aromatic heterocycles. The Labute approximate surface area is 71.4 Å². The first kappa shape index (κ1) is 7.22. The molecule has 2 rings (SSSR count). The maximum atomic E-state index is 5.21. The summed E-state index contributed by atoms with van der Waals surface area (Å²) in [4.78, 5) is 0. The van der Waals surface area contributed by atoms with Crippen LogP contribution in [0.5, 0.6) is 11.5 Å². The number of ether oxygens (including phenoxy) is 2. The van der Waals surface area contributed by atoms with Crippen LogP contribution in [0.1, 0.15) is 5.56 Å². The lowest BCUT2D eigenvalue weighted by Gasteiger charge is -1.96. The normalized spacial score (nSPS) is 14.1. The average Bonchev–Trinajstić information content (AvgIpc) is 2.51. The van der Waals surface area contributed by atoms with Crippen LogP contribution in [0.15, 0.2) is 24.3 Å². The number of fused-ring (bicyclic) bond motifs is 1. The van der Waals surface area contributed by atoms with Crippen LogP contribution in [0.3, 0.4) is 0 Å². The maximum absolute atomic E-state index is 5.21. The van der Waals surface area contributed by atoms with E-state index >= 15 is 0 Å². The first-order valence-electron chi connectivity index (χ1n) is 3.75. The van der Waals surface area contributed by atoms with Crippen molar-refractivity contribution in [2.45, 2.75) is 0 Å². The second-order valence-electron chi connectivity index (χ2n) is 2.52. The Morgan fingerprint density at radius 2 is 2.08 bits per heavy atom. The third-order valence-electron chi connectivity index (χ3n) is 1.71. The van der Waals surface area contributed by atoms with Gasteiger partial charge in [0.2, 0.25) is 6.79 Å². The number of hydrogen-bond acceptors (Lipinski definition) is 2. The number of rotatable bonds is 1. The molecule has 0 fully saturated rings. The van der Waals surface area contributed by atoms with Crippen molar-refractivity contribution in [2.75, 3.05) is 6.79 Å². The van der Waals surface area contributed by atoms with Gasteiger partial charge in [-0.05, 0) is 24.6 Å². The van der Waals surface area contributed by atoms with Gasteiger partial charge in [0.15, 0.2) is 11.5 Å². The van der Waals surface area contributed by atoms with Gasteiger partial charge in [0.05, 0.1) is 0 Å². The molecule has 0 amide bonds. The van der Waals surface area contributed by atoms with E-state index in [2.05, 4.69) is 6.92 Å². The predicted molar refractivity (Wildman–Crippen MR) is 47.0 cm³/mol. The van der Waals surface area contributed by atoms with Crippen molar-refractivity contribution in [1.82, 2.24) is 0 Å². The van der Waals surface area contributed by atoms with Gasteiger partial charge >= 0.3 is 0 Å². The fraction of sp³-hybridized carbons (Fsp3) is 0.100. The van der Waals surface area contributed by atoms with Crippen LogP contribution in [0.2, 0.25) is 0 Å². The summed E-state index contributed by atoms with van der Waals surface area (Å²) in [7, 11) is 0.